The molecule has 0 unspecified atom stereocenters. The van der Waals surface area contributed by atoms with Crippen molar-refractivity contribution in [3.05, 3.63) is 36.2 Å². The van der Waals surface area contributed by atoms with Crippen molar-refractivity contribution in [1.82, 2.24) is 14.8 Å². The van der Waals surface area contributed by atoms with Crippen LogP contribution in [0.3, 0.4) is 0 Å². The van der Waals surface area contributed by atoms with E-state index in [0.29, 0.717) is 18.1 Å². The summed E-state index contributed by atoms with van der Waals surface area (Å²) in [5, 5.41) is 17.5. The molecule has 2 aromatic rings. The van der Waals surface area contributed by atoms with Gasteiger partial charge in [0.1, 0.15) is 17.6 Å². The van der Waals surface area contributed by atoms with Crippen molar-refractivity contribution < 1.29 is 14.6 Å². The van der Waals surface area contributed by atoms with Gasteiger partial charge in [-0.1, -0.05) is 23.9 Å². The largest absolute Gasteiger partial charge is 0.492 e. The quantitative estimate of drug-likeness (QED) is 0.640. The number of carboxylic acid groups (broad SMARTS) is 1. The van der Waals surface area contributed by atoms with Crippen molar-refractivity contribution in [2.75, 3.05) is 12.4 Å². The summed E-state index contributed by atoms with van der Waals surface area (Å²) in [6.45, 7) is 0.405. The molecule has 0 atom stereocenters. The SMILES string of the molecule is Cn1cnnc1SCCOc1ccccc1C(=O)O. The first kappa shape index (κ1) is 13.4. The van der Waals surface area contributed by atoms with Crippen molar-refractivity contribution in [2.45, 2.75) is 5.16 Å². The zero-order valence-electron chi connectivity index (χ0n) is 10.3. The zero-order chi connectivity index (χ0) is 13.7. The van der Waals surface area contributed by atoms with Gasteiger partial charge >= 0.3 is 5.97 Å². The highest BCUT2D eigenvalue weighted by Crippen LogP contribution is 2.19. The van der Waals surface area contributed by atoms with Gasteiger partial charge in [-0.25, -0.2) is 4.79 Å². The molecule has 0 aliphatic carbocycles. The minimum Gasteiger partial charge on any atom is -0.492 e. The van der Waals surface area contributed by atoms with E-state index in [1.807, 2.05) is 11.6 Å². The van der Waals surface area contributed by atoms with Crippen LogP contribution >= 0.6 is 11.8 Å². The molecule has 100 valence electrons. The average Bonchev–Trinajstić information content (AvgIpc) is 2.80. The van der Waals surface area contributed by atoms with Gasteiger partial charge in [0.25, 0.3) is 0 Å². The summed E-state index contributed by atoms with van der Waals surface area (Å²) >= 11 is 1.50. The number of aromatic carboxylic acids is 1. The van der Waals surface area contributed by atoms with E-state index in [-0.39, 0.29) is 5.56 Å². The third-order valence-corrected chi connectivity index (χ3v) is 3.36. The summed E-state index contributed by atoms with van der Waals surface area (Å²) in [4.78, 5) is 11.0. The lowest BCUT2D eigenvalue weighted by Crippen LogP contribution is -2.06. The Balaban J connectivity index is 1.86. The van der Waals surface area contributed by atoms with Crippen LogP contribution in [0.1, 0.15) is 10.4 Å². The predicted octanol–water partition coefficient (Wildman–Crippen LogP) is 1.68. The second kappa shape index (κ2) is 6.24. The number of ether oxygens (including phenoxy) is 1. The van der Waals surface area contributed by atoms with Crippen molar-refractivity contribution in [3.63, 3.8) is 0 Å². The second-order valence-corrected chi connectivity index (χ2v) is 4.78. The van der Waals surface area contributed by atoms with Crippen LogP contribution in [0.15, 0.2) is 35.7 Å². The van der Waals surface area contributed by atoms with Gasteiger partial charge in [-0.3, -0.25) is 0 Å². The van der Waals surface area contributed by atoms with E-state index in [2.05, 4.69) is 10.2 Å². The first-order valence-corrected chi connectivity index (χ1v) is 6.59. The Bertz CT molecular complexity index is 571. The van der Waals surface area contributed by atoms with Crippen molar-refractivity contribution in [3.8, 4) is 5.75 Å². The Hall–Kier alpha value is -2.02. The molecular weight excluding hydrogens is 266 g/mol. The Morgan fingerprint density at radius 2 is 2.26 bits per heavy atom. The van der Waals surface area contributed by atoms with Crippen LogP contribution in [0.2, 0.25) is 0 Å². The standard InChI is InChI=1S/C12H13N3O3S/c1-15-8-13-14-12(15)19-7-6-18-10-5-3-2-4-9(10)11(16)17/h2-5,8H,6-7H2,1H3,(H,16,17). The lowest BCUT2D eigenvalue weighted by atomic mass is 10.2. The molecule has 0 saturated heterocycles. The summed E-state index contributed by atoms with van der Waals surface area (Å²) in [6.07, 6.45) is 1.63. The van der Waals surface area contributed by atoms with Gasteiger partial charge < -0.3 is 14.4 Å². The first-order valence-electron chi connectivity index (χ1n) is 5.60. The van der Waals surface area contributed by atoms with Gasteiger partial charge in [-0.15, -0.1) is 10.2 Å². The van der Waals surface area contributed by atoms with Crippen LogP contribution in [0, 0.1) is 0 Å². The van der Waals surface area contributed by atoms with Gasteiger partial charge in [0.15, 0.2) is 5.16 Å². The number of aryl methyl sites for hydroxylation is 1. The van der Waals surface area contributed by atoms with E-state index in [4.69, 9.17) is 9.84 Å². The summed E-state index contributed by atoms with van der Waals surface area (Å²) in [6, 6.07) is 6.59. The zero-order valence-corrected chi connectivity index (χ0v) is 11.1. The number of aromatic nitrogens is 3. The molecule has 0 amide bonds. The number of hydrogen-bond donors (Lipinski definition) is 1. The van der Waals surface area contributed by atoms with Crippen LogP contribution in [0.25, 0.3) is 0 Å². The van der Waals surface area contributed by atoms with Gasteiger partial charge in [0.2, 0.25) is 0 Å². The highest BCUT2D eigenvalue weighted by molar-refractivity contribution is 7.99. The Kier molecular flexibility index (Phi) is 4.40. The first-order chi connectivity index (χ1) is 9.18. The molecule has 0 bridgehead atoms. The van der Waals surface area contributed by atoms with Crippen LogP contribution < -0.4 is 4.74 Å². The van der Waals surface area contributed by atoms with E-state index in [0.717, 1.165) is 5.16 Å². The van der Waals surface area contributed by atoms with E-state index in [1.54, 1.807) is 24.5 Å². The van der Waals surface area contributed by atoms with E-state index in [9.17, 15) is 4.79 Å². The minimum absolute atomic E-state index is 0.172. The molecular formula is C12H13N3O3S. The molecule has 6 nitrogen and oxygen atoms in total. The molecule has 0 fully saturated rings. The fraction of sp³-hybridized carbons (Fsp3) is 0.250. The van der Waals surface area contributed by atoms with E-state index >= 15 is 0 Å². The second-order valence-electron chi connectivity index (χ2n) is 3.72. The van der Waals surface area contributed by atoms with Gasteiger partial charge in [-0.05, 0) is 12.1 Å². The normalized spacial score (nSPS) is 10.4. The number of hydrogen-bond acceptors (Lipinski definition) is 5. The number of thioether (sulfide) groups is 1. The molecule has 0 radical (unpaired) electrons. The number of carbonyl (C=O) groups is 1. The van der Waals surface area contributed by atoms with Gasteiger partial charge in [0.05, 0.1) is 6.61 Å². The smallest absolute Gasteiger partial charge is 0.339 e. The average molecular weight is 279 g/mol. The molecule has 19 heavy (non-hydrogen) atoms. The van der Waals surface area contributed by atoms with Crippen molar-refractivity contribution in [2.24, 2.45) is 7.05 Å². The fourth-order valence-electron chi connectivity index (χ4n) is 1.46. The highest BCUT2D eigenvalue weighted by atomic mass is 32.2. The van der Waals surface area contributed by atoms with Crippen LogP contribution in [-0.4, -0.2) is 38.2 Å². The summed E-state index contributed by atoms with van der Waals surface area (Å²) in [7, 11) is 1.86. The minimum atomic E-state index is -0.989. The molecule has 1 heterocycles. The third-order valence-electron chi connectivity index (χ3n) is 2.36. The monoisotopic (exact) mass is 279 g/mol. The molecule has 2 rings (SSSR count). The van der Waals surface area contributed by atoms with Crippen LogP contribution in [-0.2, 0) is 7.05 Å². The molecule has 0 aliphatic heterocycles. The van der Waals surface area contributed by atoms with Gasteiger partial charge in [0, 0.05) is 12.8 Å². The molecule has 0 aliphatic rings. The third kappa shape index (κ3) is 3.47. The molecule has 1 N–H and O–H groups in total. The number of nitrogens with zero attached hydrogens (tertiary/aromatic N) is 3. The summed E-state index contributed by atoms with van der Waals surface area (Å²) in [5.74, 6) is 0.0608. The Labute approximate surface area is 114 Å². The number of benzene rings is 1. The van der Waals surface area contributed by atoms with Crippen molar-refractivity contribution >= 4 is 17.7 Å². The van der Waals surface area contributed by atoms with Crippen molar-refractivity contribution in [1.29, 1.82) is 0 Å². The molecule has 1 aromatic heterocycles. The lowest BCUT2D eigenvalue weighted by molar-refractivity contribution is 0.0692. The highest BCUT2D eigenvalue weighted by Gasteiger charge is 2.10. The molecule has 0 saturated carbocycles. The maximum Gasteiger partial charge on any atom is 0.339 e. The number of rotatable bonds is 6. The number of carboxylic acids is 1. The predicted molar refractivity (Wildman–Crippen MR) is 70.6 cm³/mol. The summed E-state index contributed by atoms with van der Waals surface area (Å²) in [5.41, 5.74) is 0.172. The molecule has 0 spiro atoms. The number of para-hydroxylation sites is 1. The van der Waals surface area contributed by atoms with Crippen LogP contribution in [0.4, 0.5) is 0 Å². The maximum atomic E-state index is 11.0. The Morgan fingerprint density at radius 3 is 2.95 bits per heavy atom. The molecule has 7 heteroatoms. The van der Waals surface area contributed by atoms with E-state index in [1.165, 1.54) is 17.8 Å². The lowest BCUT2D eigenvalue weighted by Gasteiger charge is -2.08. The van der Waals surface area contributed by atoms with E-state index < -0.39 is 5.97 Å². The maximum absolute atomic E-state index is 11.0. The fourth-order valence-corrected chi connectivity index (χ4v) is 2.16. The topological polar surface area (TPSA) is 77.2 Å². The van der Waals surface area contributed by atoms with Gasteiger partial charge in [-0.2, -0.15) is 0 Å². The Morgan fingerprint density at radius 1 is 1.47 bits per heavy atom. The van der Waals surface area contributed by atoms with Crippen LogP contribution in [0.5, 0.6) is 5.75 Å². The summed E-state index contributed by atoms with van der Waals surface area (Å²) < 4.78 is 7.29. The molecule has 1 aromatic carbocycles.